The number of piperazine rings is 1. The predicted molar refractivity (Wildman–Crippen MR) is 93.8 cm³/mol. The van der Waals surface area contributed by atoms with Gasteiger partial charge >= 0.3 is 0 Å². The molecular formula is C18H21N5O. The Balaban J connectivity index is 2.00. The molecule has 1 aromatic heterocycles. The Morgan fingerprint density at radius 2 is 2.00 bits per heavy atom. The van der Waals surface area contributed by atoms with E-state index in [0.29, 0.717) is 5.56 Å². The highest BCUT2D eigenvalue weighted by molar-refractivity contribution is 5.96. The van der Waals surface area contributed by atoms with Crippen LogP contribution in [0.4, 0.5) is 5.69 Å². The van der Waals surface area contributed by atoms with Gasteiger partial charge in [0.15, 0.2) is 0 Å². The Kier molecular flexibility index (Phi) is 4.36. The zero-order valence-electron chi connectivity index (χ0n) is 14.0. The number of fused-ring (bicyclic) bond motifs is 1. The summed E-state index contributed by atoms with van der Waals surface area (Å²) < 4.78 is 0. The lowest BCUT2D eigenvalue weighted by Gasteiger charge is -2.36. The van der Waals surface area contributed by atoms with E-state index in [4.69, 9.17) is 5.73 Å². The highest BCUT2D eigenvalue weighted by atomic mass is 16.1. The second-order valence-electron chi connectivity index (χ2n) is 6.34. The molecule has 0 radical (unpaired) electrons. The molecule has 0 spiro atoms. The van der Waals surface area contributed by atoms with Crippen LogP contribution < -0.4 is 10.6 Å². The molecule has 0 aliphatic carbocycles. The molecule has 124 valence electrons. The quantitative estimate of drug-likeness (QED) is 0.921. The summed E-state index contributed by atoms with van der Waals surface area (Å²) in [6.45, 7) is 7.41. The van der Waals surface area contributed by atoms with Crippen LogP contribution in [-0.2, 0) is 4.79 Å². The number of hydrogen-bond acceptors (Lipinski definition) is 5. The molecule has 3 rings (SSSR count). The Morgan fingerprint density at radius 3 is 2.62 bits per heavy atom. The molecule has 1 aliphatic rings. The van der Waals surface area contributed by atoms with Crippen molar-refractivity contribution in [2.24, 2.45) is 5.73 Å². The Hall–Kier alpha value is -2.65. The van der Waals surface area contributed by atoms with Gasteiger partial charge in [-0.15, -0.1) is 0 Å². The molecular weight excluding hydrogens is 302 g/mol. The summed E-state index contributed by atoms with van der Waals surface area (Å²) in [6, 6.07) is 6.48. The van der Waals surface area contributed by atoms with Crippen LogP contribution in [0, 0.1) is 25.2 Å². The first-order valence-electron chi connectivity index (χ1n) is 8.05. The third-order valence-corrected chi connectivity index (χ3v) is 4.47. The number of benzene rings is 1. The van der Waals surface area contributed by atoms with Crippen molar-refractivity contribution in [2.75, 3.05) is 37.6 Å². The number of carbonyl (C=O) groups is 1. The number of rotatable bonds is 3. The lowest BCUT2D eigenvalue weighted by Crippen LogP contribution is -2.49. The van der Waals surface area contributed by atoms with Crippen molar-refractivity contribution in [3.8, 4) is 6.07 Å². The van der Waals surface area contributed by atoms with Crippen molar-refractivity contribution in [3.63, 3.8) is 0 Å². The molecule has 6 nitrogen and oxygen atoms in total. The number of nitrogens with two attached hydrogens (primary N) is 1. The van der Waals surface area contributed by atoms with E-state index in [0.717, 1.165) is 53.9 Å². The molecule has 0 saturated carbocycles. The summed E-state index contributed by atoms with van der Waals surface area (Å²) in [4.78, 5) is 19.8. The van der Waals surface area contributed by atoms with Gasteiger partial charge in [0.2, 0.25) is 5.91 Å². The number of carbonyl (C=O) groups excluding carboxylic acids is 1. The molecule has 1 aliphatic heterocycles. The van der Waals surface area contributed by atoms with Crippen LogP contribution in [0.25, 0.3) is 10.9 Å². The standard InChI is InChI=1S/C18H21N5O/c1-12-7-13(2)17-15(8-12)18(14(9-19)10-21-17)23-5-3-22(4-6-23)11-16(20)24/h7-8,10H,3-6,11H2,1-2H3,(H2,20,24). The van der Waals surface area contributed by atoms with Crippen molar-refractivity contribution >= 4 is 22.5 Å². The van der Waals surface area contributed by atoms with E-state index in [2.05, 4.69) is 35.0 Å². The third kappa shape index (κ3) is 3.03. The van der Waals surface area contributed by atoms with Crippen LogP contribution in [0.2, 0.25) is 0 Å². The van der Waals surface area contributed by atoms with Crippen molar-refractivity contribution < 1.29 is 4.79 Å². The van der Waals surface area contributed by atoms with Crippen molar-refractivity contribution in [1.29, 1.82) is 5.26 Å². The minimum absolute atomic E-state index is 0.286. The zero-order chi connectivity index (χ0) is 17.3. The Morgan fingerprint density at radius 1 is 1.29 bits per heavy atom. The van der Waals surface area contributed by atoms with Gasteiger partial charge in [-0.1, -0.05) is 11.6 Å². The van der Waals surface area contributed by atoms with E-state index < -0.39 is 0 Å². The van der Waals surface area contributed by atoms with Crippen molar-refractivity contribution in [1.82, 2.24) is 9.88 Å². The maximum Gasteiger partial charge on any atom is 0.231 e. The number of aromatic nitrogens is 1. The Labute approximate surface area is 141 Å². The highest BCUT2D eigenvalue weighted by Crippen LogP contribution is 2.32. The fourth-order valence-corrected chi connectivity index (χ4v) is 3.42. The molecule has 1 aromatic carbocycles. The first kappa shape index (κ1) is 16.2. The monoisotopic (exact) mass is 323 g/mol. The normalized spacial score (nSPS) is 15.5. The number of nitrogens with zero attached hydrogens (tertiary/aromatic N) is 4. The highest BCUT2D eigenvalue weighted by Gasteiger charge is 2.22. The molecule has 0 unspecified atom stereocenters. The minimum atomic E-state index is -0.304. The first-order chi connectivity index (χ1) is 11.5. The summed E-state index contributed by atoms with van der Waals surface area (Å²) in [5.41, 5.74) is 10.0. The average molecular weight is 323 g/mol. The van der Waals surface area contributed by atoms with Crippen LogP contribution >= 0.6 is 0 Å². The van der Waals surface area contributed by atoms with Gasteiger partial charge in [0.05, 0.1) is 23.3 Å². The average Bonchev–Trinajstić information content (AvgIpc) is 2.54. The molecule has 1 saturated heterocycles. The lowest BCUT2D eigenvalue weighted by molar-refractivity contribution is -0.119. The van der Waals surface area contributed by atoms with Gasteiger partial charge in [-0.2, -0.15) is 5.26 Å². The topological polar surface area (TPSA) is 86.2 Å². The summed E-state index contributed by atoms with van der Waals surface area (Å²) in [5.74, 6) is -0.304. The smallest absolute Gasteiger partial charge is 0.231 e. The molecule has 0 atom stereocenters. The van der Waals surface area contributed by atoms with Gasteiger partial charge in [-0.3, -0.25) is 14.7 Å². The van der Waals surface area contributed by atoms with Crippen LogP contribution in [0.3, 0.4) is 0 Å². The number of aryl methyl sites for hydroxylation is 2. The number of nitriles is 1. The summed E-state index contributed by atoms with van der Waals surface area (Å²) >= 11 is 0. The molecule has 24 heavy (non-hydrogen) atoms. The van der Waals surface area contributed by atoms with Crippen LogP contribution in [0.5, 0.6) is 0 Å². The summed E-state index contributed by atoms with van der Waals surface area (Å²) in [5, 5.41) is 10.6. The van der Waals surface area contributed by atoms with Gasteiger partial charge in [0, 0.05) is 37.8 Å². The first-order valence-corrected chi connectivity index (χ1v) is 8.05. The van der Waals surface area contributed by atoms with Crippen LogP contribution in [-0.4, -0.2) is 48.5 Å². The molecule has 0 bridgehead atoms. The number of pyridine rings is 1. The van der Waals surface area contributed by atoms with Crippen LogP contribution in [0.15, 0.2) is 18.3 Å². The number of amides is 1. The molecule has 2 heterocycles. The zero-order valence-corrected chi connectivity index (χ0v) is 14.0. The maximum absolute atomic E-state index is 11.1. The fourth-order valence-electron chi connectivity index (χ4n) is 3.42. The van der Waals surface area contributed by atoms with Gasteiger partial charge in [-0.25, -0.2) is 0 Å². The molecule has 6 heteroatoms. The van der Waals surface area contributed by atoms with E-state index in [9.17, 15) is 10.1 Å². The van der Waals surface area contributed by atoms with Crippen molar-refractivity contribution in [3.05, 3.63) is 35.0 Å². The van der Waals surface area contributed by atoms with E-state index in [1.165, 1.54) is 0 Å². The predicted octanol–water partition coefficient (Wildman–Crippen LogP) is 1.33. The van der Waals surface area contributed by atoms with Crippen molar-refractivity contribution in [2.45, 2.75) is 13.8 Å². The van der Waals surface area contributed by atoms with E-state index >= 15 is 0 Å². The van der Waals surface area contributed by atoms with Gasteiger partial charge in [-0.05, 0) is 25.5 Å². The second kappa shape index (κ2) is 6.46. The Bertz CT molecular complexity index is 831. The lowest BCUT2D eigenvalue weighted by atomic mass is 10.0. The van der Waals surface area contributed by atoms with E-state index in [-0.39, 0.29) is 12.5 Å². The second-order valence-corrected chi connectivity index (χ2v) is 6.34. The minimum Gasteiger partial charge on any atom is -0.369 e. The van der Waals surface area contributed by atoms with Crippen LogP contribution in [0.1, 0.15) is 16.7 Å². The number of hydrogen-bond donors (Lipinski definition) is 1. The molecule has 1 fully saturated rings. The van der Waals surface area contributed by atoms with E-state index in [1.54, 1.807) is 6.20 Å². The largest absolute Gasteiger partial charge is 0.369 e. The maximum atomic E-state index is 11.1. The molecule has 2 N–H and O–H groups in total. The van der Waals surface area contributed by atoms with Gasteiger partial charge in [0.1, 0.15) is 6.07 Å². The summed E-state index contributed by atoms with van der Waals surface area (Å²) in [6.07, 6.45) is 1.66. The fraction of sp³-hybridized carbons (Fsp3) is 0.389. The molecule has 2 aromatic rings. The third-order valence-electron chi connectivity index (χ3n) is 4.47. The van der Waals surface area contributed by atoms with Gasteiger partial charge in [0.25, 0.3) is 0 Å². The van der Waals surface area contributed by atoms with Gasteiger partial charge < -0.3 is 10.6 Å². The molecule has 1 amide bonds. The number of anilines is 1. The summed E-state index contributed by atoms with van der Waals surface area (Å²) in [7, 11) is 0. The van der Waals surface area contributed by atoms with E-state index in [1.807, 2.05) is 11.8 Å². The number of primary amides is 1. The SMILES string of the molecule is Cc1cc(C)c2ncc(C#N)c(N3CCN(CC(N)=O)CC3)c2c1.